The van der Waals surface area contributed by atoms with E-state index in [1.165, 1.54) is 167 Å². The summed E-state index contributed by atoms with van der Waals surface area (Å²) in [6.45, 7) is 6.62. The van der Waals surface area contributed by atoms with Gasteiger partial charge in [-0.1, -0.05) is 219 Å². The van der Waals surface area contributed by atoms with Gasteiger partial charge >= 0.3 is 17.9 Å². The van der Waals surface area contributed by atoms with Gasteiger partial charge in [0, 0.05) is 19.3 Å². The minimum atomic E-state index is -0.766. The van der Waals surface area contributed by atoms with E-state index >= 15 is 0 Å². The molecule has 6 nitrogen and oxygen atoms in total. The van der Waals surface area contributed by atoms with Crippen LogP contribution in [0, 0.1) is 0 Å². The molecule has 0 saturated heterocycles. The second kappa shape index (κ2) is 45.8. The van der Waals surface area contributed by atoms with Gasteiger partial charge in [-0.2, -0.15) is 0 Å². The molecule has 0 radical (unpaired) electrons. The summed E-state index contributed by atoms with van der Waals surface area (Å²) in [7, 11) is 0. The fourth-order valence-corrected chi connectivity index (χ4v) is 7.26. The third kappa shape index (κ3) is 43.3. The number of carbonyl (C=O) groups is 3. The van der Waals surface area contributed by atoms with E-state index in [0.29, 0.717) is 19.3 Å². The Labute approximate surface area is 348 Å². The summed E-state index contributed by atoms with van der Waals surface area (Å²) in [6, 6.07) is 0. The van der Waals surface area contributed by atoms with E-state index in [2.05, 4.69) is 32.9 Å². The zero-order valence-electron chi connectivity index (χ0n) is 37.7. The molecule has 0 spiro atoms. The molecular weight excluding hydrogens is 697 g/mol. The Morgan fingerprint density at radius 1 is 0.339 bits per heavy atom. The highest BCUT2D eigenvalue weighted by Gasteiger charge is 2.19. The number of allylic oxidation sites excluding steroid dienone is 2. The van der Waals surface area contributed by atoms with Gasteiger partial charge in [-0.3, -0.25) is 14.4 Å². The van der Waals surface area contributed by atoms with Crippen LogP contribution in [-0.2, 0) is 28.6 Å². The van der Waals surface area contributed by atoms with E-state index in [1.807, 2.05) is 0 Å². The van der Waals surface area contributed by atoms with Gasteiger partial charge in [0.2, 0.25) is 0 Å². The van der Waals surface area contributed by atoms with E-state index < -0.39 is 6.10 Å². The number of unbranched alkanes of at least 4 members (excludes halogenated alkanes) is 32. The number of ether oxygens (including phenoxy) is 3. The van der Waals surface area contributed by atoms with Crippen LogP contribution in [0.15, 0.2) is 12.2 Å². The van der Waals surface area contributed by atoms with Gasteiger partial charge in [-0.05, 0) is 44.9 Å². The highest BCUT2D eigenvalue weighted by atomic mass is 16.6. The molecule has 6 heteroatoms. The number of hydrogen-bond acceptors (Lipinski definition) is 6. The summed E-state index contributed by atoms with van der Waals surface area (Å²) in [6.07, 6.45) is 49.1. The monoisotopic (exact) mass is 791 g/mol. The first-order valence-corrected chi connectivity index (χ1v) is 24.7. The molecule has 0 aromatic carbocycles. The molecule has 0 heterocycles. The molecule has 0 aromatic heterocycles. The van der Waals surface area contributed by atoms with Crippen LogP contribution in [-0.4, -0.2) is 37.2 Å². The van der Waals surface area contributed by atoms with E-state index in [0.717, 1.165) is 64.2 Å². The van der Waals surface area contributed by atoms with Crippen molar-refractivity contribution in [2.24, 2.45) is 0 Å². The maximum Gasteiger partial charge on any atom is 0.306 e. The highest BCUT2D eigenvalue weighted by Crippen LogP contribution is 2.16. The Morgan fingerprint density at radius 3 is 0.893 bits per heavy atom. The smallest absolute Gasteiger partial charge is 0.306 e. The lowest BCUT2D eigenvalue weighted by atomic mass is 10.0. The molecule has 0 saturated carbocycles. The Hall–Kier alpha value is -1.85. The number of carbonyl (C=O) groups excluding carboxylic acids is 3. The van der Waals surface area contributed by atoms with Gasteiger partial charge in [0.25, 0.3) is 0 Å². The molecule has 0 aliphatic rings. The molecular formula is C50H94O6. The van der Waals surface area contributed by atoms with Crippen molar-refractivity contribution in [2.75, 3.05) is 13.2 Å². The van der Waals surface area contributed by atoms with E-state index in [4.69, 9.17) is 14.2 Å². The van der Waals surface area contributed by atoms with Crippen LogP contribution >= 0.6 is 0 Å². The fraction of sp³-hybridized carbons (Fsp3) is 0.900. The minimum Gasteiger partial charge on any atom is -0.462 e. The lowest BCUT2D eigenvalue weighted by Crippen LogP contribution is -2.30. The third-order valence-electron chi connectivity index (χ3n) is 11.0. The first-order valence-electron chi connectivity index (χ1n) is 24.7. The van der Waals surface area contributed by atoms with Gasteiger partial charge < -0.3 is 14.2 Å². The maximum absolute atomic E-state index is 12.7. The van der Waals surface area contributed by atoms with Gasteiger partial charge in [-0.25, -0.2) is 0 Å². The number of esters is 3. The normalized spacial score (nSPS) is 12.0. The van der Waals surface area contributed by atoms with Crippen molar-refractivity contribution in [3.8, 4) is 0 Å². The van der Waals surface area contributed by atoms with Crippen molar-refractivity contribution in [2.45, 2.75) is 277 Å². The third-order valence-corrected chi connectivity index (χ3v) is 11.0. The molecule has 1 unspecified atom stereocenters. The molecule has 56 heavy (non-hydrogen) atoms. The van der Waals surface area contributed by atoms with Crippen molar-refractivity contribution >= 4 is 17.9 Å². The van der Waals surface area contributed by atoms with Crippen molar-refractivity contribution in [3.05, 3.63) is 12.2 Å². The molecule has 0 aliphatic heterocycles. The summed E-state index contributed by atoms with van der Waals surface area (Å²) < 4.78 is 16.7. The summed E-state index contributed by atoms with van der Waals surface area (Å²) >= 11 is 0. The molecule has 0 aliphatic carbocycles. The average molecular weight is 791 g/mol. The minimum absolute atomic E-state index is 0.0687. The van der Waals surface area contributed by atoms with E-state index in [-0.39, 0.29) is 31.1 Å². The highest BCUT2D eigenvalue weighted by molar-refractivity contribution is 5.71. The molecule has 0 bridgehead atoms. The first-order chi connectivity index (χ1) is 27.5. The van der Waals surface area contributed by atoms with Crippen molar-refractivity contribution in [3.63, 3.8) is 0 Å². The average Bonchev–Trinajstić information content (AvgIpc) is 3.19. The lowest BCUT2D eigenvalue weighted by molar-refractivity contribution is -0.167. The zero-order valence-corrected chi connectivity index (χ0v) is 37.7. The predicted octanol–water partition coefficient (Wildman–Crippen LogP) is 15.8. The number of hydrogen-bond donors (Lipinski definition) is 0. The number of rotatable bonds is 45. The molecule has 0 rings (SSSR count). The van der Waals surface area contributed by atoms with Gasteiger partial charge in [0.05, 0.1) is 0 Å². The van der Waals surface area contributed by atoms with Gasteiger partial charge in [0.1, 0.15) is 13.2 Å². The van der Waals surface area contributed by atoms with Crippen molar-refractivity contribution in [1.82, 2.24) is 0 Å². The summed E-state index contributed by atoms with van der Waals surface area (Å²) in [4.78, 5) is 37.7. The Bertz CT molecular complexity index is 870. The SMILES string of the molecule is CCCCCCC/C=C\CCCCCCCC(=O)OC(COC(=O)CCCCCCCCCC)COC(=O)CCCCCCCCCCCCCCCCCC. The van der Waals surface area contributed by atoms with Gasteiger partial charge in [0.15, 0.2) is 6.10 Å². The summed E-state index contributed by atoms with van der Waals surface area (Å²) in [5.74, 6) is -0.869. The Kier molecular flexibility index (Phi) is 44.3. The van der Waals surface area contributed by atoms with Crippen LogP contribution in [0.1, 0.15) is 271 Å². The van der Waals surface area contributed by atoms with Crippen LogP contribution in [0.3, 0.4) is 0 Å². The van der Waals surface area contributed by atoms with Crippen LogP contribution in [0.4, 0.5) is 0 Å². The molecule has 0 aromatic rings. The topological polar surface area (TPSA) is 78.9 Å². The lowest BCUT2D eigenvalue weighted by Gasteiger charge is -2.18. The standard InChI is InChI=1S/C50H94O6/c1-4-7-10-13-16-19-21-23-25-26-28-29-31-34-37-40-43-49(52)55-46-47(45-54-48(51)42-39-36-33-18-15-12-9-6-3)56-50(53)44-41-38-35-32-30-27-24-22-20-17-14-11-8-5-2/h22,24,47H,4-21,23,25-46H2,1-3H3/b24-22-. The Balaban J connectivity index is 4.27. The van der Waals surface area contributed by atoms with Crippen LogP contribution in [0.5, 0.6) is 0 Å². The van der Waals surface area contributed by atoms with Crippen molar-refractivity contribution in [1.29, 1.82) is 0 Å². The van der Waals surface area contributed by atoms with Crippen LogP contribution in [0.2, 0.25) is 0 Å². The van der Waals surface area contributed by atoms with Crippen LogP contribution in [0.25, 0.3) is 0 Å². The fourth-order valence-electron chi connectivity index (χ4n) is 7.26. The maximum atomic E-state index is 12.7. The molecule has 0 fully saturated rings. The van der Waals surface area contributed by atoms with E-state index in [9.17, 15) is 14.4 Å². The molecule has 330 valence electrons. The van der Waals surface area contributed by atoms with Gasteiger partial charge in [-0.15, -0.1) is 0 Å². The molecule has 0 amide bonds. The predicted molar refractivity (Wildman–Crippen MR) is 238 cm³/mol. The quantitative estimate of drug-likeness (QED) is 0.0264. The first kappa shape index (κ1) is 54.2. The summed E-state index contributed by atoms with van der Waals surface area (Å²) in [5, 5.41) is 0. The largest absolute Gasteiger partial charge is 0.462 e. The van der Waals surface area contributed by atoms with E-state index in [1.54, 1.807) is 0 Å². The second-order valence-electron chi connectivity index (χ2n) is 16.7. The molecule has 0 N–H and O–H groups in total. The molecule has 1 atom stereocenters. The zero-order chi connectivity index (χ0) is 40.8. The second-order valence-corrected chi connectivity index (χ2v) is 16.7. The Morgan fingerprint density at radius 2 is 0.589 bits per heavy atom. The summed E-state index contributed by atoms with van der Waals surface area (Å²) in [5.41, 5.74) is 0. The van der Waals surface area contributed by atoms with Crippen molar-refractivity contribution < 1.29 is 28.6 Å². The van der Waals surface area contributed by atoms with Crippen LogP contribution < -0.4 is 0 Å².